The van der Waals surface area contributed by atoms with Gasteiger partial charge in [0, 0.05) is 54.0 Å². The predicted octanol–water partition coefficient (Wildman–Crippen LogP) is 7.06. The highest BCUT2D eigenvalue weighted by Gasteiger charge is 2.36. The number of nitrogens with zero attached hydrogens (tertiary/aromatic N) is 4. The lowest BCUT2D eigenvalue weighted by Gasteiger charge is -2.40. The molecule has 3 aromatic rings. The molecule has 1 unspecified atom stereocenters. The highest BCUT2D eigenvalue weighted by atomic mass is 32.2. The van der Waals surface area contributed by atoms with Gasteiger partial charge in [-0.3, -0.25) is 10.2 Å². The van der Waals surface area contributed by atoms with E-state index in [0.717, 1.165) is 30.3 Å². The highest BCUT2D eigenvalue weighted by Crippen LogP contribution is 2.48. The summed E-state index contributed by atoms with van der Waals surface area (Å²) in [6.45, 7) is 11.4. The number of para-hydroxylation sites is 1. The minimum absolute atomic E-state index is 0.0554. The number of hydrazine groups is 1. The first-order valence-electron chi connectivity index (χ1n) is 16.5. The molecule has 4 bridgehead atoms. The van der Waals surface area contributed by atoms with Crippen LogP contribution in [0.2, 0.25) is 0 Å². The number of amides is 2. The maximum Gasteiger partial charge on any atom is 0.349 e. The Morgan fingerprint density at radius 3 is 2.61 bits per heavy atom. The summed E-state index contributed by atoms with van der Waals surface area (Å²) in [6, 6.07) is 15.4. The van der Waals surface area contributed by atoms with Crippen LogP contribution in [0.4, 0.5) is 10.5 Å². The van der Waals surface area contributed by atoms with E-state index in [0.29, 0.717) is 19.1 Å². The van der Waals surface area contributed by atoms with Crippen molar-refractivity contribution in [1.29, 1.82) is 0 Å². The number of nitrogens with one attached hydrogen (secondary N) is 2. The molecule has 44 heavy (non-hydrogen) atoms. The molecule has 2 N–H and O–H groups in total. The zero-order chi connectivity index (χ0) is 31.0. The molecule has 2 aliphatic heterocycles. The van der Waals surface area contributed by atoms with Crippen LogP contribution < -0.4 is 20.4 Å². The molecule has 238 valence electrons. The van der Waals surface area contributed by atoms with E-state index in [2.05, 4.69) is 104 Å². The molecular formula is C35H50N6O2S. The average molecular weight is 619 g/mol. The van der Waals surface area contributed by atoms with Crippen molar-refractivity contribution in [1.82, 2.24) is 24.6 Å². The third-order valence-electron chi connectivity index (χ3n) is 9.53. The number of hydrogen-bond donors (Lipinski definition) is 2. The van der Waals surface area contributed by atoms with Gasteiger partial charge in [0.05, 0.1) is 23.5 Å². The fraction of sp³-hybridized carbons (Fsp3) is 0.571. The van der Waals surface area contributed by atoms with Crippen molar-refractivity contribution in [3.05, 3.63) is 48.0 Å². The number of anilines is 1. The van der Waals surface area contributed by atoms with Gasteiger partial charge in [-0.2, -0.15) is 4.41 Å². The molecule has 9 heteroatoms. The summed E-state index contributed by atoms with van der Waals surface area (Å²) in [6.07, 6.45) is 6.30. The van der Waals surface area contributed by atoms with Crippen LogP contribution in [0.3, 0.4) is 0 Å². The Hall–Kier alpha value is -2.72. The second-order valence-electron chi connectivity index (χ2n) is 13.6. The van der Waals surface area contributed by atoms with Gasteiger partial charge in [0.2, 0.25) is 0 Å². The largest absolute Gasteiger partial charge is 0.492 e. The van der Waals surface area contributed by atoms with E-state index in [9.17, 15) is 4.79 Å². The maximum atomic E-state index is 14.4. The fourth-order valence-corrected chi connectivity index (χ4v) is 8.13. The van der Waals surface area contributed by atoms with Crippen molar-refractivity contribution in [2.24, 2.45) is 5.92 Å². The van der Waals surface area contributed by atoms with Gasteiger partial charge in [0.15, 0.2) is 0 Å². The molecule has 2 amide bonds. The number of ether oxygens (including phenoxy) is 1. The number of aromatic nitrogens is 1. The highest BCUT2D eigenvalue weighted by molar-refractivity contribution is 7.97. The Balaban J connectivity index is 1.62. The summed E-state index contributed by atoms with van der Waals surface area (Å²) < 4.78 is 11.0. The molecule has 3 heterocycles. The Morgan fingerprint density at radius 2 is 1.86 bits per heavy atom. The smallest absolute Gasteiger partial charge is 0.349 e. The Labute approximate surface area is 267 Å². The van der Waals surface area contributed by atoms with Crippen LogP contribution in [0, 0.1) is 5.92 Å². The third-order valence-corrected chi connectivity index (χ3v) is 10.3. The summed E-state index contributed by atoms with van der Waals surface area (Å²) in [4.78, 5) is 18.5. The number of hydrogen-bond acceptors (Lipinski definition) is 6. The number of carbonyl (C=O) groups is 1. The Kier molecular flexibility index (Phi) is 9.20. The summed E-state index contributed by atoms with van der Waals surface area (Å²) in [5.41, 5.74) is 9.10. The standard InChI is InChI=1S/C35H50N6O2S/c1-7-44-41-34(42)39(20-19-38(5)6)27-17-18-28-30(21-27)40-22-26(24(2)36-35(3,4)37-41)23-43-31-16-12-11-15-29(31)33(40)32(28)25-13-9-8-10-14-25/h11-12,15-18,21,24-26,36-37H,7-10,13-14,19-20,22-23H2,1-6H3/t24?,26-/m0/s1. The van der Waals surface area contributed by atoms with E-state index in [1.54, 1.807) is 4.41 Å². The molecule has 3 aliphatic rings. The van der Waals surface area contributed by atoms with Crippen LogP contribution in [0.1, 0.15) is 71.3 Å². The van der Waals surface area contributed by atoms with Crippen LogP contribution in [0.25, 0.3) is 22.2 Å². The van der Waals surface area contributed by atoms with Crippen LogP contribution in [-0.4, -0.2) is 71.2 Å². The van der Waals surface area contributed by atoms with Gasteiger partial charge >= 0.3 is 6.03 Å². The molecule has 2 aromatic carbocycles. The van der Waals surface area contributed by atoms with Crippen molar-refractivity contribution in [3.63, 3.8) is 0 Å². The van der Waals surface area contributed by atoms with Gasteiger partial charge in [0.25, 0.3) is 0 Å². The number of benzene rings is 2. The summed E-state index contributed by atoms with van der Waals surface area (Å²) in [5.74, 6) is 2.45. The van der Waals surface area contributed by atoms with Gasteiger partial charge in [-0.1, -0.05) is 44.4 Å². The first-order chi connectivity index (χ1) is 21.2. The molecule has 1 saturated carbocycles. The minimum atomic E-state index is -0.542. The lowest BCUT2D eigenvalue weighted by Crippen LogP contribution is -2.63. The second-order valence-corrected chi connectivity index (χ2v) is 14.8. The molecule has 1 fully saturated rings. The van der Waals surface area contributed by atoms with Crippen molar-refractivity contribution in [2.75, 3.05) is 44.4 Å². The number of urea groups is 1. The van der Waals surface area contributed by atoms with Crippen LogP contribution in [0.15, 0.2) is 42.5 Å². The monoisotopic (exact) mass is 618 g/mol. The number of fused-ring (bicyclic) bond motifs is 4. The van der Waals surface area contributed by atoms with Gasteiger partial charge in [-0.25, -0.2) is 10.2 Å². The summed E-state index contributed by atoms with van der Waals surface area (Å²) >= 11 is 1.51. The molecule has 1 aromatic heterocycles. The lowest BCUT2D eigenvalue weighted by atomic mass is 9.81. The molecule has 0 radical (unpaired) electrons. The minimum Gasteiger partial charge on any atom is -0.492 e. The van der Waals surface area contributed by atoms with Gasteiger partial charge in [0.1, 0.15) is 5.75 Å². The van der Waals surface area contributed by atoms with E-state index < -0.39 is 5.66 Å². The summed E-state index contributed by atoms with van der Waals surface area (Å²) in [7, 11) is 4.12. The van der Waals surface area contributed by atoms with Crippen molar-refractivity contribution < 1.29 is 9.53 Å². The molecule has 6 rings (SSSR count). The molecule has 0 saturated heterocycles. The maximum absolute atomic E-state index is 14.4. The van der Waals surface area contributed by atoms with Gasteiger partial charge < -0.3 is 14.2 Å². The van der Waals surface area contributed by atoms with Crippen molar-refractivity contribution in [3.8, 4) is 17.0 Å². The topological polar surface area (TPSA) is 65.0 Å². The third kappa shape index (κ3) is 6.21. The van der Waals surface area contributed by atoms with Gasteiger partial charge in [-0.15, -0.1) is 0 Å². The summed E-state index contributed by atoms with van der Waals surface area (Å²) in [5, 5.41) is 5.16. The second kappa shape index (κ2) is 12.9. The zero-order valence-electron chi connectivity index (χ0n) is 27.4. The van der Waals surface area contributed by atoms with E-state index in [4.69, 9.17) is 4.74 Å². The molecule has 8 nitrogen and oxygen atoms in total. The Morgan fingerprint density at radius 1 is 1.09 bits per heavy atom. The normalized spacial score (nSPS) is 22.8. The number of rotatable bonds is 6. The van der Waals surface area contributed by atoms with Crippen LogP contribution in [-0.2, 0) is 6.54 Å². The lowest BCUT2D eigenvalue weighted by molar-refractivity contribution is 0.137. The molecular weight excluding hydrogens is 568 g/mol. The van der Waals surface area contributed by atoms with Gasteiger partial charge in [-0.05, 0) is 95.4 Å². The quantitative estimate of drug-likeness (QED) is 0.289. The first kappa shape index (κ1) is 31.3. The molecule has 1 aliphatic carbocycles. The average Bonchev–Trinajstić information content (AvgIpc) is 3.30. The zero-order valence-corrected chi connectivity index (χ0v) is 28.2. The SMILES string of the molecule is CCSN1NC(C)(C)NC(C)[C@@H]2COc3ccccc3-c3c(C4CCCCC4)c4ccc(cc4n3C2)N(CCN(C)C)C1=O. The number of likely N-dealkylation sites (N-methyl/N-ethyl adjacent to an activating group) is 1. The molecule has 0 spiro atoms. The molecule has 2 atom stereocenters. The van der Waals surface area contributed by atoms with E-state index in [1.165, 1.54) is 71.8 Å². The predicted molar refractivity (Wildman–Crippen MR) is 183 cm³/mol. The Bertz CT molecular complexity index is 1480. The van der Waals surface area contributed by atoms with Crippen LogP contribution in [0.5, 0.6) is 5.75 Å². The number of carbonyl (C=O) groups excluding carboxylic acids is 1. The van der Waals surface area contributed by atoms with Crippen molar-refractivity contribution in [2.45, 2.75) is 84.0 Å². The van der Waals surface area contributed by atoms with E-state index >= 15 is 0 Å². The van der Waals surface area contributed by atoms with E-state index in [1.807, 2.05) is 4.90 Å². The van der Waals surface area contributed by atoms with Crippen LogP contribution >= 0.6 is 11.9 Å². The fourth-order valence-electron chi connectivity index (χ4n) is 7.37. The van der Waals surface area contributed by atoms with Crippen molar-refractivity contribution >= 4 is 34.6 Å². The first-order valence-corrected chi connectivity index (χ1v) is 17.4. The van der Waals surface area contributed by atoms with E-state index in [-0.39, 0.29) is 18.0 Å².